The number of hydrazone groups is 1. The summed E-state index contributed by atoms with van der Waals surface area (Å²) < 4.78 is 0. The minimum absolute atomic E-state index is 0.0718. The maximum atomic E-state index is 12.2. The van der Waals surface area contributed by atoms with Gasteiger partial charge >= 0.3 is 0 Å². The summed E-state index contributed by atoms with van der Waals surface area (Å²) in [5.41, 5.74) is 9.10. The largest absolute Gasteiger partial charge is 0.312 e. The van der Waals surface area contributed by atoms with Crippen molar-refractivity contribution < 1.29 is 4.79 Å². The van der Waals surface area contributed by atoms with E-state index in [1.165, 1.54) is 32.1 Å². The summed E-state index contributed by atoms with van der Waals surface area (Å²) in [4.78, 5) is 12.2. The van der Waals surface area contributed by atoms with Crippen molar-refractivity contribution in [3.63, 3.8) is 0 Å². The Morgan fingerprint density at radius 3 is 2.17 bits per heavy atom. The zero-order valence-corrected chi connectivity index (χ0v) is 10.9. The van der Waals surface area contributed by atoms with E-state index in [2.05, 4.69) is 10.5 Å². The molecule has 4 nitrogen and oxygen atoms in total. The van der Waals surface area contributed by atoms with Crippen molar-refractivity contribution in [3.8, 4) is 0 Å². The number of nitrogens with zero attached hydrogens (tertiary/aromatic N) is 1. The van der Waals surface area contributed by atoms with Crippen molar-refractivity contribution in [2.45, 2.75) is 44.6 Å². The van der Waals surface area contributed by atoms with E-state index in [1.54, 1.807) is 0 Å². The Morgan fingerprint density at radius 2 is 1.72 bits per heavy atom. The second-order valence-corrected chi connectivity index (χ2v) is 6.96. The second kappa shape index (κ2) is 3.35. The molecule has 0 aromatic rings. The Balaban J connectivity index is 1.73. The van der Waals surface area contributed by atoms with E-state index in [1.807, 2.05) is 6.92 Å². The van der Waals surface area contributed by atoms with Crippen LogP contribution in [0.5, 0.6) is 0 Å². The van der Waals surface area contributed by atoms with Crippen molar-refractivity contribution in [1.82, 2.24) is 5.43 Å². The second-order valence-electron chi connectivity index (χ2n) is 6.96. The van der Waals surface area contributed by atoms with Crippen molar-refractivity contribution in [3.05, 3.63) is 0 Å². The summed E-state index contributed by atoms with van der Waals surface area (Å²) in [6, 6.07) is 0. The summed E-state index contributed by atoms with van der Waals surface area (Å²) in [7, 11) is 0. The summed E-state index contributed by atoms with van der Waals surface area (Å²) in [5.74, 6) is 3.39. The molecule has 4 bridgehead atoms. The van der Waals surface area contributed by atoms with Gasteiger partial charge in [-0.2, -0.15) is 5.10 Å². The van der Waals surface area contributed by atoms with Crippen LogP contribution in [0.2, 0.25) is 0 Å². The molecule has 1 amide bonds. The monoisotopic (exact) mass is 247 g/mol. The number of carbonyl (C=O) groups is 1. The zero-order valence-electron chi connectivity index (χ0n) is 10.9. The lowest BCUT2D eigenvalue weighted by Crippen LogP contribution is -2.65. The molecule has 1 atom stereocenters. The Kier molecular flexibility index (Phi) is 2.04. The molecule has 1 unspecified atom stereocenters. The van der Waals surface area contributed by atoms with Gasteiger partial charge in [0.05, 0.1) is 5.71 Å². The Bertz CT molecular complexity index is 416. The van der Waals surface area contributed by atoms with E-state index in [0.717, 1.165) is 17.5 Å². The van der Waals surface area contributed by atoms with Gasteiger partial charge in [0.1, 0.15) is 5.54 Å². The number of hydrogen-bond acceptors (Lipinski definition) is 3. The van der Waals surface area contributed by atoms with Crippen LogP contribution >= 0.6 is 0 Å². The van der Waals surface area contributed by atoms with Gasteiger partial charge in [-0.25, -0.2) is 5.43 Å². The van der Waals surface area contributed by atoms with E-state index in [9.17, 15) is 4.79 Å². The lowest BCUT2D eigenvalue weighted by Gasteiger charge is -2.57. The summed E-state index contributed by atoms with van der Waals surface area (Å²) >= 11 is 0. The number of nitrogens with one attached hydrogen (secondary N) is 1. The SMILES string of the molecule is CC1=NNC(=O)C1(N)C1C2CC3CC(C2)CC1C3. The van der Waals surface area contributed by atoms with Gasteiger partial charge in [0.25, 0.3) is 5.91 Å². The van der Waals surface area contributed by atoms with E-state index in [-0.39, 0.29) is 5.91 Å². The standard InChI is InChI=1S/C14H21N3O/c1-7-14(15,13(18)17-16-7)12-10-3-8-2-9(5-10)6-11(12)4-8/h8-12H,2-6,15H2,1H3,(H,17,18). The van der Waals surface area contributed by atoms with E-state index < -0.39 is 5.54 Å². The van der Waals surface area contributed by atoms with Crippen LogP contribution in [0.4, 0.5) is 0 Å². The maximum Gasteiger partial charge on any atom is 0.266 e. The quantitative estimate of drug-likeness (QED) is 0.732. The first-order valence-corrected chi connectivity index (χ1v) is 7.23. The molecule has 0 radical (unpaired) electrons. The molecule has 18 heavy (non-hydrogen) atoms. The summed E-state index contributed by atoms with van der Waals surface area (Å²) in [5, 5.41) is 4.10. The fraction of sp³-hybridized carbons (Fsp3) is 0.857. The first-order chi connectivity index (χ1) is 8.59. The van der Waals surface area contributed by atoms with Crippen LogP contribution in [-0.4, -0.2) is 17.2 Å². The minimum Gasteiger partial charge on any atom is -0.312 e. The van der Waals surface area contributed by atoms with E-state index >= 15 is 0 Å². The van der Waals surface area contributed by atoms with Crippen LogP contribution in [0.1, 0.15) is 39.0 Å². The molecule has 0 spiro atoms. The molecule has 4 aliphatic carbocycles. The summed E-state index contributed by atoms with van der Waals surface area (Å²) in [6.45, 7) is 1.91. The molecule has 1 aliphatic heterocycles. The fourth-order valence-corrected chi connectivity index (χ4v) is 5.55. The average molecular weight is 247 g/mol. The highest BCUT2D eigenvalue weighted by Gasteiger charge is 2.59. The van der Waals surface area contributed by atoms with Crippen molar-refractivity contribution in [2.24, 2.45) is 40.4 Å². The highest BCUT2D eigenvalue weighted by atomic mass is 16.2. The number of amides is 1. The van der Waals surface area contributed by atoms with Gasteiger partial charge in [-0.05, 0) is 68.6 Å². The highest BCUT2D eigenvalue weighted by molar-refractivity contribution is 6.15. The number of hydrogen-bond donors (Lipinski definition) is 2. The Labute approximate surface area is 107 Å². The molecule has 4 heteroatoms. The van der Waals surface area contributed by atoms with Crippen molar-refractivity contribution in [2.75, 3.05) is 0 Å². The van der Waals surface area contributed by atoms with Gasteiger partial charge < -0.3 is 5.73 Å². The molecule has 0 saturated heterocycles. The number of nitrogens with two attached hydrogens (primary N) is 1. The van der Waals surface area contributed by atoms with Gasteiger partial charge in [0.2, 0.25) is 0 Å². The molecule has 1 heterocycles. The molecule has 3 N–H and O–H groups in total. The molecular formula is C14H21N3O. The van der Waals surface area contributed by atoms with Crippen LogP contribution in [0.15, 0.2) is 5.10 Å². The third-order valence-corrected chi connectivity index (χ3v) is 6.05. The maximum absolute atomic E-state index is 12.2. The number of carbonyl (C=O) groups excluding carboxylic acids is 1. The van der Waals surface area contributed by atoms with Crippen molar-refractivity contribution in [1.29, 1.82) is 0 Å². The van der Waals surface area contributed by atoms with E-state index in [4.69, 9.17) is 5.73 Å². The third kappa shape index (κ3) is 1.20. The predicted molar refractivity (Wildman–Crippen MR) is 68.7 cm³/mol. The normalized spacial score (nSPS) is 53.6. The van der Waals surface area contributed by atoms with Gasteiger partial charge in [0.15, 0.2) is 0 Å². The van der Waals surface area contributed by atoms with Crippen LogP contribution in [0.3, 0.4) is 0 Å². The molecule has 0 aromatic heterocycles. The average Bonchev–Trinajstić information content (AvgIpc) is 2.56. The Morgan fingerprint density at radius 1 is 1.17 bits per heavy atom. The first kappa shape index (κ1) is 11.0. The van der Waals surface area contributed by atoms with Gasteiger partial charge in [-0.15, -0.1) is 0 Å². The first-order valence-electron chi connectivity index (χ1n) is 7.23. The lowest BCUT2D eigenvalue weighted by molar-refractivity contribution is -0.131. The van der Waals surface area contributed by atoms with Gasteiger partial charge in [0, 0.05) is 0 Å². The predicted octanol–water partition coefficient (Wildman–Crippen LogP) is 1.26. The number of rotatable bonds is 1. The fourth-order valence-electron chi connectivity index (χ4n) is 5.55. The zero-order chi connectivity index (χ0) is 12.5. The molecule has 5 aliphatic rings. The molecule has 0 aromatic carbocycles. The van der Waals surface area contributed by atoms with Crippen LogP contribution < -0.4 is 11.2 Å². The minimum atomic E-state index is -0.817. The molecule has 98 valence electrons. The third-order valence-electron chi connectivity index (χ3n) is 6.05. The van der Waals surface area contributed by atoms with Crippen molar-refractivity contribution >= 4 is 11.6 Å². The highest BCUT2D eigenvalue weighted by Crippen LogP contribution is 2.59. The molecule has 4 saturated carbocycles. The Hall–Kier alpha value is -0.900. The molecular weight excluding hydrogens is 226 g/mol. The smallest absolute Gasteiger partial charge is 0.266 e. The van der Waals surface area contributed by atoms with E-state index in [0.29, 0.717) is 17.8 Å². The summed E-state index contributed by atoms with van der Waals surface area (Å²) in [6.07, 6.45) is 6.58. The lowest BCUT2D eigenvalue weighted by atomic mass is 9.48. The van der Waals surface area contributed by atoms with Gasteiger partial charge in [-0.3, -0.25) is 4.79 Å². The molecule has 4 fully saturated rings. The van der Waals surface area contributed by atoms with Crippen LogP contribution in [-0.2, 0) is 4.79 Å². The molecule has 5 rings (SSSR count). The topological polar surface area (TPSA) is 67.5 Å². The van der Waals surface area contributed by atoms with Crippen LogP contribution in [0, 0.1) is 29.6 Å². The van der Waals surface area contributed by atoms with Gasteiger partial charge in [-0.1, -0.05) is 0 Å². The van der Waals surface area contributed by atoms with Crippen LogP contribution in [0.25, 0.3) is 0 Å².